The summed E-state index contributed by atoms with van der Waals surface area (Å²) in [6.45, 7) is 0. The van der Waals surface area contributed by atoms with Gasteiger partial charge in [0.25, 0.3) is 5.91 Å². The van der Waals surface area contributed by atoms with Crippen molar-refractivity contribution >= 4 is 17.6 Å². The van der Waals surface area contributed by atoms with Gasteiger partial charge in [0.05, 0.1) is 5.69 Å². The molecule has 0 saturated heterocycles. The SMILES string of the molecule is Cn1cc(NC(=O)c2ccccc2-c2ccccc2)cc1C(=O)O. The molecule has 24 heavy (non-hydrogen) atoms. The van der Waals surface area contributed by atoms with Crippen molar-refractivity contribution < 1.29 is 14.7 Å². The number of aromatic carboxylic acids is 1. The first kappa shape index (κ1) is 15.6. The Bertz CT molecular complexity index is 898. The average Bonchev–Trinajstić information content (AvgIpc) is 2.96. The Balaban J connectivity index is 1.91. The number of carboxylic acid groups (broad SMARTS) is 1. The summed E-state index contributed by atoms with van der Waals surface area (Å²) < 4.78 is 1.46. The Labute approximate surface area is 139 Å². The maximum atomic E-state index is 12.6. The third kappa shape index (κ3) is 3.05. The highest BCUT2D eigenvalue weighted by atomic mass is 16.4. The molecule has 0 saturated carbocycles. The van der Waals surface area contributed by atoms with E-state index in [0.29, 0.717) is 11.3 Å². The second-order valence-corrected chi connectivity index (χ2v) is 5.40. The number of rotatable bonds is 4. The van der Waals surface area contributed by atoms with Gasteiger partial charge in [-0.1, -0.05) is 48.5 Å². The fourth-order valence-corrected chi connectivity index (χ4v) is 2.59. The predicted molar refractivity (Wildman–Crippen MR) is 92.2 cm³/mol. The Morgan fingerprint density at radius 3 is 2.33 bits per heavy atom. The molecule has 3 aromatic rings. The average molecular weight is 320 g/mol. The van der Waals surface area contributed by atoms with E-state index in [9.17, 15) is 9.59 Å². The molecule has 0 aliphatic rings. The fourth-order valence-electron chi connectivity index (χ4n) is 2.59. The molecule has 120 valence electrons. The summed E-state index contributed by atoms with van der Waals surface area (Å²) in [4.78, 5) is 23.7. The van der Waals surface area contributed by atoms with Crippen LogP contribution in [0.25, 0.3) is 11.1 Å². The molecule has 1 heterocycles. The van der Waals surface area contributed by atoms with Crippen molar-refractivity contribution in [3.8, 4) is 11.1 Å². The number of carboxylic acids is 1. The fraction of sp³-hybridized carbons (Fsp3) is 0.0526. The van der Waals surface area contributed by atoms with Crippen LogP contribution in [-0.4, -0.2) is 21.6 Å². The van der Waals surface area contributed by atoms with Gasteiger partial charge in [-0.2, -0.15) is 0 Å². The minimum absolute atomic E-state index is 0.113. The number of carbonyl (C=O) groups is 2. The number of hydrogen-bond acceptors (Lipinski definition) is 2. The molecule has 0 aliphatic carbocycles. The lowest BCUT2D eigenvalue weighted by Gasteiger charge is -2.09. The number of hydrogen-bond donors (Lipinski definition) is 2. The van der Waals surface area contributed by atoms with Crippen molar-refractivity contribution in [1.29, 1.82) is 0 Å². The van der Waals surface area contributed by atoms with Crippen LogP contribution in [0.1, 0.15) is 20.8 Å². The normalized spacial score (nSPS) is 10.4. The Morgan fingerprint density at radius 2 is 1.67 bits per heavy atom. The van der Waals surface area contributed by atoms with Crippen LogP contribution in [0.5, 0.6) is 0 Å². The number of carbonyl (C=O) groups excluding carboxylic acids is 1. The van der Waals surface area contributed by atoms with Gasteiger partial charge in [-0.05, 0) is 23.3 Å². The van der Waals surface area contributed by atoms with E-state index in [0.717, 1.165) is 11.1 Å². The van der Waals surface area contributed by atoms with Gasteiger partial charge in [-0.15, -0.1) is 0 Å². The molecule has 0 fully saturated rings. The lowest BCUT2D eigenvalue weighted by atomic mass is 9.99. The van der Waals surface area contributed by atoms with Crippen LogP contribution in [0.4, 0.5) is 5.69 Å². The molecular formula is C19H16N2O3. The Kier molecular flexibility index (Phi) is 4.16. The number of nitrogens with zero attached hydrogens (tertiary/aromatic N) is 1. The zero-order chi connectivity index (χ0) is 17.1. The van der Waals surface area contributed by atoms with Crippen LogP contribution in [0.3, 0.4) is 0 Å². The summed E-state index contributed by atoms with van der Waals surface area (Å²) >= 11 is 0. The Morgan fingerprint density at radius 1 is 1.00 bits per heavy atom. The predicted octanol–water partition coefficient (Wildman–Crippen LogP) is 3.64. The van der Waals surface area contributed by atoms with Crippen molar-refractivity contribution in [1.82, 2.24) is 4.57 Å². The van der Waals surface area contributed by atoms with E-state index in [1.165, 1.54) is 10.6 Å². The first-order valence-corrected chi connectivity index (χ1v) is 7.41. The number of aryl methyl sites for hydroxylation is 1. The molecule has 1 aromatic heterocycles. The zero-order valence-corrected chi connectivity index (χ0v) is 13.1. The third-order valence-corrected chi connectivity index (χ3v) is 3.74. The van der Waals surface area contributed by atoms with Gasteiger partial charge in [-0.3, -0.25) is 4.79 Å². The van der Waals surface area contributed by atoms with Gasteiger partial charge in [0.1, 0.15) is 5.69 Å². The van der Waals surface area contributed by atoms with E-state index in [4.69, 9.17) is 5.11 Å². The highest BCUT2D eigenvalue weighted by molar-refractivity contribution is 6.09. The standard InChI is InChI=1S/C19H16N2O3/c1-21-12-14(11-17(21)19(23)24)20-18(22)16-10-6-5-9-15(16)13-7-3-2-4-8-13/h2-12H,1H3,(H,20,22)(H,23,24). The number of amides is 1. The van der Waals surface area contributed by atoms with E-state index in [1.54, 1.807) is 25.4 Å². The molecule has 0 bridgehead atoms. The zero-order valence-electron chi connectivity index (χ0n) is 13.1. The number of aromatic nitrogens is 1. The van der Waals surface area contributed by atoms with Crippen LogP contribution in [0.15, 0.2) is 66.9 Å². The lowest BCUT2D eigenvalue weighted by molar-refractivity contribution is 0.0686. The van der Waals surface area contributed by atoms with Crippen molar-refractivity contribution in [2.75, 3.05) is 5.32 Å². The third-order valence-electron chi connectivity index (χ3n) is 3.74. The smallest absolute Gasteiger partial charge is 0.352 e. The molecule has 0 unspecified atom stereocenters. The van der Waals surface area contributed by atoms with E-state index < -0.39 is 5.97 Å². The molecule has 0 spiro atoms. The van der Waals surface area contributed by atoms with Crippen LogP contribution >= 0.6 is 0 Å². The van der Waals surface area contributed by atoms with Crippen LogP contribution in [0, 0.1) is 0 Å². The van der Waals surface area contributed by atoms with Crippen molar-refractivity contribution in [2.24, 2.45) is 7.05 Å². The summed E-state index contributed by atoms with van der Waals surface area (Å²) in [6, 6.07) is 18.4. The first-order valence-electron chi connectivity index (χ1n) is 7.41. The van der Waals surface area contributed by atoms with Gasteiger partial charge < -0.3 is 15.0 Å². The first-order chi connectivity index (χ1) is 11.6. The van der Waals surface area contributed by atoms with Gasteiger partial charge in [0.2, 0.25) is 0 Å². The maximum absolute atomic E-state index is 12.6. The second-order valence-electron chi connectivity index (χ2n) is 5.40. The van der Waals surface area contributed by atoms with E-state index in [-0.39, 0.29) is 11.6 Å². The molecule has 0 aliphatic heterocycles. The van der Waals surface area contributed by atoms with Crippen LogP contribution in [0.2, 0.25) is 0 Å². The molecule has 0 atom stereocenters. The highest BCUT2D eigenvalue weighted by Crippen LogP contribution is 2.24. The number of anilines is 1. The van der Waals surface area contributed by atoms with Crippen molar-refractivity contribution in [3.05, 3.63) is 78.1 Å². The molecule has 3 rings (SSSR count). The van der Waals surface area contributed by atoms with Crippen LogP contribution < -0.4 is 5.32 Å². The molecule has 2 N–H and O–H groups in total. The van der Waals surface area contributed by atoms with E-state index >= 15 is 0 Å². The topological polar surface area (TPSA) is 71.3 Å². The van der Waals surface area contributed by atoms with Crippen molar-refractivity contribution in [3.63, 3.8) is 0 Å². The number of benzene rings is 2. The molecule has 5 nitrogen and oxygen atoms in total. The second kappa shape index (κ2) is 6.42. The Hall–Kier alpha value is -3.34. The summed E-state index contributed by atoms with van der Waals surface area (Å²) in [5, 5.41) is 11.9. The molecule has 1 amide bonds. The molecule has 5 heteroatoms. The highest BCUT2D eigenvalue weighted by Gasteiger charge is 2.15. The van der Waals surface area contributed by atoms with Gasteiger partial charge in [0, 0.05) is 18.8 Å². The van der Waals surface area contributed by atoms with Gasteiger partial charge in [-0.25, -0.2) is 4.79 Å². The van der Waals surface area contributed by atoms with Gasteiger partial charge >= 0.3 is 5.97 Å². The van der Waals surface area contributed by atoms with Crippen molar-refractivity contribution in [2.45, 2.75) is 0 Å². The number of nitrogens with one attached hydrogen (secondary N) is 1. The molecule has 0 radical (unpaired) electrons. The van der Waals surface area contributed by atoms with Gasteiger partial charge in [0.15, 0.2) is 0 Å². The summed E-state index contributed by atoms with van der Waals surface area (Å²) in [7, 11) is 1.62. The maximum Gasteiger partial charge on any atom is 0.352 e. The van der Waals surface area contributed by atoms with E-state index in [2.05, 4.69) is 5.32 Å². The molecule has 2 aromatic carbocycles. The summed E-state index contributed by atoms with van der Waals surface area (Å²) in [5.74, 6) is -1.32. The molecular weight excluding hydrogens is 304 g/mol. The summed E-state index contributed by atoms with van der Waals surface area (Å²) in [6.07, 6.45) is 1.58. The summed E-state index contributed by atoms with van der Waals surface area (Å²) in [5.41, 5.74) is 2.86. The lowest BCUT2D eigenvalue weighted by Crippen LogP contribution is -2.12. The largest absolute Gasteiger partial charge is 0.477 e. The monoisotopic (exact) mass is 320 g/mol. The quantitative estimate of drug-likeness (QED) is 0.771. The minimum atomic E-state index is -1.04. The van der Waals surface area contributed by atoms with Crippen LogP contribution in [-0.2, 0) is 7.05 Å². The minimum Gasteiger partial charge on any atom is -0.477 e. The van der Waals surface area contributed by atoms with E-state index in [1.807, 2.05) is 42.5 Å².